The van der Waals surface area contributed by atoms with Crippen molar-refractivity contribution in [1.29, 1.82) is 0 Å². The Morgan fingerprint density at radius 3 is 2.67 bits per heavy atom. The smallest absolute Gasteiger partial charge is 0.308 e. The van der Waals surface area contributed by atoms with E-state index >= 15 is 0 Å². The van der Waals surface area contributed by atoms with Crippen molar-refractivity contribution < 1.29 is 9.90 Å². The maximum absolute atomic E-state index is 12.0. The molecule has 0 aromatic carbocycles. The van der Waals surface area contributed by atoms with Gasteiger partial charge >= 0.3 is 5.97 Å². The standard InChI is InChI=1S/C12H17N3O3/c1-7-8(2)13-12(14(3)10(7)16)15-5-4-9(6-15)11(17)18/h9H,4-6H2,1-3H3,(H,17,18)/t9-/m0/s1. The Bertz CT molecular complexity index is 550. The molecule has 6 nitrogen and oxygen atoms in total. The van der Waals surface area contributed by atoms with E-state index in [0.29, 0.717) is 36.7 Å². The van der Waals surface area contributed by atoms with Crippen LogP contribution in [-0.2, 0) is 11.8 Å². The van der Waals surface area contributed by atoms with Crippen LogP contribution in [0.3, 0.4) is 0 Å². The van der Waals surface area contributed by atoms with E-state index in [0.717, 1.165) is 0 Å². The fourth-order valence-electron chi connectivity index (χ4n) is 2.23. The lowest BCUT2D eigenvalue weighted by Crippen LogP contribution is -2.32. The average Bonchev–Trinajstić information content (AvgIpc) is 2.80. The van der Waals surface area contributed by atoms with E-state index in [4.69, 9.17) is 5.11 Å². The highest BCUT2D eigenvalue weighted by atomic mass is 16.4. The largest absolute Gasteiger partial charge is 0.481 e. The quantitative estimate of drug-likeness (QED) is 0.818. The third kappa shape index (κ3) is 1.98. The summed E-state index contributed by atoms with van der Waals surface area (Å²) in [5.74, 6) is -0.596. The van der Waals surface area contributed by atoms with E-state index < -0.39 is 5.97 Å². The highest BCUT2D eigenvalue weighted by Crippen LogP contribution is 2.21. The lowest BCUT2D eigenvalue weighted by molar-refractivity contribution is -0.140. The molecule has 1 atom stereocenters. The topological polar surface area (TPSA) is 75.4 Å². The summed E-state index contributed by atoms with van der Waals surface area (Å²) in [5.41, 5.74) is 1.26. The van der Waals surface area contributed by atoms with Gasteiger partial charge in [-0.25, -0.2) is 4.98 Å². The van der Waals surface area contributed by atoms with E-state index in [-0.39, 0.29) is 11.5 Å². The zero-order valence-electron chi connectivity index (χ0n) is 10.8. The number of aliphatic carboxylic acids is 1. The van der Waals surface area contributed by atoms with Gasteiger partial charge in [0.2, 0.25) is 5.95 Å². The van der Waals surface area contributed by atoms with E-state index in [2.05, 4.69) is 4.98 Å². The van der Waals surface area contributed by atoms with Crippen molar-refractivity contribution in [2.24, 2.45) is 13.0 Å². The van der Waals surface area contributed by atoms with Crippen molar-refractivity contribution in [1.82, 2.24) is 9.55 Å². The highest BCUT2D eigenvalue weighted by molar-refractivity contribution is 5.71. The Morgan fingerprint density at radius 1 is 1.44 bits per heavy atom. The SMILES string of the molecule is Cc1nc(N2CC[C@H](C(=O)O)C2)n(C)c(=O)c1C. The van der Waals surface area contributed by atoms with Gasteiger partial charge in [-0.1, -0.05) is 0 Å². The van der Waals surface area contributed by atoms with Crippen LogP contribution in [0, 0.1) is 19.8 Å². The normalized spacial score (nSPS) is 19.3. The maximum atomic E-state index is 12.0. The van der Waals surface area contributed by atoms with Crippen LogP contribution in [0.15, 0.2) is 4.79 Å². The molecule has 0 saturated carbocycles. The molecule has 1 fully saturated rings. The van der Waals surface area contributed by atoms with Crippen molar-refractivity contribution in [3.8, 4) is 0 Å². The van der Waals surface area contributed by atoms with E-state index in [1.165, 1.54) is 4.57 Å². The monoisotopic (exact) mass is 251 g/mol. The first-order valence-electron chi connectivity index (χ1n) is 5.93. The second kappa shape index (κ2) is 4.44. The number of anilines is 1. The molecule has 18 heavy (non-hydrogen) atoms. The van der Waals surface area contributed by atoms with Crippen LogP contribution in [-0.4, -0.2) is 33.7 Å². The number of carboxylic acids is 1. The summed E-state index contributed by atoms with van der Waals surface area (Å²) in [6.07, 6.45) is 0.595. The molecule has 0 bridgehead atoms. The molecule has 1 N–H and O–H groups in total. The molecule has 2 rings (SSSR count). The van der Waals surface area contributed by atoms with Crippen molar-refractivity contribution in [2.45, 2.75) is 20.3 Å². The van der Waals surface area contributed by atoms with Crippen LogP contribution >= 0.6 is 0 Å². The number of aryl methyl sites for hydroxylation is 1. The highest BCUT2D eigenvalue weighted by Gasteiger charge is 2.30. The number of carboxylic acid groups (broad SMARTS) is 1. The summed E-state index contributed by atoms with van der Waals surface area (Å²) in [5, 5.41) is 8.98. The minimum atomic E-state index is -0.786. The van der Waals surface area contributed by atoms with Gasteiger partial charge in [0.1, 0.15) is 0 Å². The molecular weight excluding hydrogens is 234 g/mol. The Kier molecular flexibility index (Phi) is 3.11. The first kappa shape index (κ1) is 12.6. The number of nitrogens with zero attached hydrogens (tertiary/aromatic N) is 3. The minimum Gasteiger partial charge on any atom is -0.481 e. The first-order valence-corrected chi connectivity index (χ1v) is 5.93. The molecule has 2 heterocycles. The fraction of sp³-hybridized carbons (Fsp3) is 0.583. The van der Waals surface area contributed by atoms with E-state index in [1.54, 1.807) is 20.9 Å². The summed E-state index contributed by atoms with van der Waals surface area (Å²) in [6, 6.07) is 0. The second-order valence-corrected chi connectivity index (χ2v) is 4.76. The lowest BCUT2D eigenvalue weighted by atomic mass is 10.1. The molecule has 1 saturated heterocycles. The van der Waals surface area contributed by atoms with Crippen molar-refractivity contribution in [2.75, 3.05) is 18.0 Å². The predicted molar refractivity (Wildman–Crippen MR) is 66.9 cm³/mol. The van der Waals surface area contributed by atoms with E-state index in [1.807, 2.05) is 4.90 Å². The maximum Gasteiger partial charge on any atom is 0.308 e. The second-order valence-electron chi connectivity index (χ2n) is 4.76. The van der Waals surface area contributed by atoms with Gasteiger partial charge in [-0.05, 0) is 20.3 Å². The number of rotatable bonds is 2. The summed E-state index contributed by atoms with van der Waals surface area (Å²) >= 11 is 0. The van der Waals surface area contributed by atoms with Gasteiger partial charge in [-0.2, -0.15) is 0 Å². The van der Waals surface area contributed by atoms with Crippen molar-refractivity contribution in [3.63, 3.8) is 0 Å². The van der Waals surface area contributed by atoms with Gasteiger partial charge in [0.25, 0.3) is 5.56 Å². The zero-order valence-corrected chi connectivity index (χ0v) is 10.8. The number of aromatic nitrogens is 2. The number of carbonyl (C=O) groups is 1. The van der Waals surface area contributed by atoms with E-state index in [9.17, 15) is 9.59 Å². The minimum absolute atomic E-state index is 0.0729. The Morgan fingerprint density at radius 2 is 2.11 bits per heavy atom. The van der Waals surface area contributed by atoms with Gasteiger partial charge < -0.3 is 10.0 Å². The number of hydrogen-bond acceptors (Lipinski definition) is 4. The molecule has 0 radical (unpaired) electrons. The Balaban J connectivity index is 2.36. The lowest BCUT2D eigenvalue weighted by Gasteiger charge is -2.20. The van der Waals surface area contributed by atoms with Crippen molar-refractivity contribution >= 4 is 11.9 Å². The molecule has 98 valence electrons. The molecule has 1 aliphatic rings. The predicted octanol–water partition coefficient (Wildman–Crippen LogP) is 0.308. The summed E-state index contributed by atoms with van der Waals surface area (Å²) < 4.78 is 1.49. The first-order chi connectivity index (χ1) is 8.41. The Labute approximate surface area is 105 Å². The molecule has 1 aromatic rings. The third-order valence-corrected chi connectivity index (χ3v) is 3.56. The Hall–Kier alpha value is -1.85. The molecule has 6 heteroatoms. The summed E-state index contributed by atoms with van der Waals surface area (Å²) in [7, 11) is 1.67. The number of hydrogen-bond donors (Lipinski definition) is 1. The molecular formula is C12H17N3O3. The van der Waals surface area contributed by atoms with Crippen LogP contribution in [0.4, 0.5) is 5.95 Å². The van der Waals surface area contributed by atoms with Gasteiger partial charge in [-0.15, -0.1) is 0 Å². The van der Waals surface area contributed by atoms with Crippen LogP contribution in [0.5, 0.6) is 0 Å². The molecule has 0 unspecified atom stereocenters. The summed E-state index contributed by atoms with van der Waals surface area (Å²) in [4.78, 5) is 29.2. The molecule has 1 aromatic heterocycles. The van der Waals surface area contributed by atoms with Gasteiger partial charge in [0.05, 0.1) is 5.92 Å². The molecule has 0 spiro atoms. The summed E-state index contributed by atoms with van der Waals surface area (Å²) in [6.45, 7) is 4.58. The zero-order chi connectivity index (χ0) is 13.4. The van der Waals surface area contributed by atoms with Gasteiger partial charge in [-0.3, -0.25) is 14.2 Å². The van der Waals surface area contributed by atoms with Crippen LogP contribution < -0.4 is 10.5 Å². The van der Waals surface area contributed by atoms with Gasteiger partial charge in [0, 0.05) is 31.4 Å². The van der Waals surface area contributed by atoms with Crippen LogP contribution in [0.1, 0.15) is 17.7 Å². The van der Waals surface area contributed by atoms with Crippen LogP contribution in [0.25, 0.3) is 0 Å². The average molecular weight is 251 g/mol. The molecule has 0 aliphatic carbocycles. The fourth-order valence-corrected chi connectivity index (χ4v) is 2.23. The molecule has 0 amide bonds. The van der Waals surface area contributed by atoms with Crippen LogP contribution in [0.2, 0.25) is 0 Å². The molecule has 1 aliphatic heterocycles. The van der Waals surface area contributed by atoms with Crippen molar-refractivity contribution in [3.05, 3.63) is 21.6 Å². The van der Waals surface area contributed by atoms with Gasteiger partial charge in [0.15, 0.2) is 0 Å². The third-order valence-electron chi connectivity index (χ3n) is 3.56.